The number of benzene rings is 2. The molecule has 1 aromatic heterocycles. The molecule has 3 rings (SSSR count). The van der Waals surface area contributed by atoms with Crippen molar-refractivity contribution in [3.63, 3.8) is 0 Å². The average molecular weight is 446 g/mol. The zero-order chi connectivity index (χ0) is 21.6. The number of aryl methyl sites for hydroxylation is 1. The van der Waals surface area contributed by atoms with Crippen molar-refractivity contribution < 1.29 is 22.7 Å². The first-order valence-corrected chi connectivity index (χ1v) is 11.2. The van der Waals surface area contributed by atoms with E-state index in [4.69, 9.17) is 4.74 Å². The fourth-order valence-corrected chi connectivity index (χ4v) is 4.20. The van der Waals surface area contributed by atoms with Crippen molar-refractivity contribution in [1.82, 2.24) is 9.71 Å². The highest BCUT2D eigenvalue weighted by Crippen LogP contribution is 2.15. The maximum absolute atomic E-state index is 12.5. The van der Waals surface area contributed by atoms with Gasteiger partial charge in [-0.3, -0.25) is 10.1 Å². The molecular weight excluding hydrogens is 426 g/mol. The molecule has 2 aromatic carbocycles. The number of aromatic nitrogens is 1. The minimum absolute atomic E-state index is 0.0236. The number of anilines is 1. The molecule has 0 saturated carbocycles. The van der Waals surface area contributed by atoms with Gasteiger partial charge in [0, 0.05) is 11.9 Å². The van der Waals surface area contributed by atoms with E-state index in [0.717, 1.165) is 11.3 Å². The van der Waals surface area contributed by atoms with Gasteiger partial charge in [-0.05, 0) is 30.7 Å². The lowest BCUT2D eigenvalue weighted by molar-refractivity contribution is -0.119. The number of sulfonamides is 1. The van der Waals surface area contributed by atoms with Crippen LogP contribution < -0.4 is 10.0 Å². The van der Waals surface area contributed by atoms with E-state index in [-0.39, 0.29) is 17.0 Å². The monoisotopic (exact) mass is 445 g/mol. The largest absolute Gasteiger partial charge is 0.452 e. The highest BCUT2D eigenvalue weighted by atomic mass is 32.2. The quantitative estimate of drug-likeness (QED) is 0.515. The van der Waals surface area contributed by atoms with Gasteiger partial charge >= 0.3 is 5.97 Å². The SMILES string of the molecule is Cc1csc(NC(=O)COC(=O)c2cccc(S(=O)(=O)NCc3ccccc3)c2)n1. The molecule has 0 aliphatic carbocycles. The molecule has 0 atom stereocenters. The van der Waals surface area contributed by atoms with Crippen LogP contribution in [-0.4, -0.2) is 31.9 Å². The van der Waals surface area contributed by atoms with Crippen LogP contribution in [0.15, 0.2) is 64.9 Å². The molecule has 0 spiro atoms. The second kappa shape index (κ2) is 9.61. The van der Waals surface area contributed by atoms with Gasteiger partial charge in [-0.15, -0.1) is 11.3 Å². The predicted octanol–water partition coefficient (Wildman–Crippen LogP) is 2.73. The molecule has 0 aliphatic heterocycles. The van der Waals surface area contributed by atoms with E-state index >= 15 is 0 Å². The molecular formula is C20H19N3O5S2. The number of thiazole rings is 1. The Hall–Kier alpha value is -3.08. The van der Waals surface area contributed by atoms with E-state index in [1.165, 1.54) is 35.6 Å². The van der Waals surface area contributed by atoms with Crippen LogP contribution in [0.25, 0.3) is 0 Å². The third-order valence-electron chi connectivity index (χ3n) is 3.89. The highest BCUT2D eigenvalue weighted by Gasteiger charge is 2.17. The number of nitrogens with one attached hydrogen (secondary N) is 2. The number of esters is 1. The molecule has 1 heterocycles. The third kappa shape index (κ3) is 5.96. The second-order valence-corrected chi connectivity index (χ2v) is 8.88. The summed E-state index contributed by atoms with van der Waals surface area (Å²) >= 11 is 1.26. The summed E-state index contributed by atoms with van der Waals surface area (Å²) in [4.78, 5) is 28.1. The molecule has 30 heavy (non-hydrogen) atoms. The van der Waals surface area contributed by atoms with Crippen molar-refractivity contribution >= 4 is 38.4 Å². The van der Waals surface area contributed by atoms with Crippen molar-refractivity contribution in [3.05, 3.63) is 76.8 Å². The van der Waals surface area contributed by atoms with Gasteiger partial charge in [-0.25, -0.2) is 22.9 Å². The zero-order valence-electron chi connectivity index (χ0n) is 16.0. The molecule has 0 fully saturated rings. The molecule has 0 unspecified atom stereocenters. The molecule has 156 valence electrons. The van der Waals surface area contributed by atoms with E-state index in [1.807, 2.05) is 18.2 Å². The molecule has 1 amide bonds. The summed E-state index contributed by atoms with van der Waals surface area (Å²) in [7, 11) is -3.83. The average Bonchev–Trinajstić information content (AvgIpc) is 3.16. The summed E-state index contributed by atoms with van der Waals surface area (Å²) in [6, 6.07) is 14.5. The smallest absolute Gasteiger partial charge is 0.338 e. The highest BCUT2D eigenvalue weighted by molar-refractivity contribution is 7.89. The first-order chi connectivity index (χ1) is 14.3. The molecule has 0 bridgehead atoms. The van der Waals surface area contributed by atoms with Gasteiger partial charge in [0.25, 0.3) is 5.91 Å². The second-order valence-electron chi connectivity index (χ2n) is 6.26. The van der Waals surface area contributed by atoms with E-state index in [2.05, 4.69) is 15.0 Å². The molecule has 0 aliphatic rings. The van der Waals surface area contributed by atoms with Crippen molar-refractivity contribution in [2.75, 3.05) is 11.9 Å². The third-order valence-corrected chi connectivity index (χ3v) is 6.16. The summed E-state index contributed by atoms with van der Waals surface area (Å²) in [5.41, 5.74) is 1.60. The fourth-order valence-electron chi connectivity index (χ4n) is 2.43. The van der Waals surface area contributed by atoms with Crippen LogP contribution in [0.1, 0.15) is 21.6 Å². The van der Waals surface area contributed by atoms with E-state index in [9.17, 15) is 18.0 Å². The van der Waals surface area contributed by atoms with Crippen molar-refractivity contribution in [2.24, 2.45) is 0 Å². The van der Waals surface area contributed by atoms with Gasteiger partial charge in [-0.2, -0.15) is 0 Å². The summed E-state index contributed by atoms with van der Waals surface area (Å²) in [5, 5.41) is 4.71. The maximum Gasteiger partial charge on any atom is 0.338 e. The number of carbonyl (C=O) groups excluding carboxylic acids is 2. The topological polar surface area (TPSA) is 114 Å². The number of hydrogen-bond donors (Lipinski definition) is 2. The van der Waals surface area contributed by atoms with Gasteiger partial charge in [0.2, 0.25) is 10.0 Å². The standard InChI is InChI=1S/C20H19N3O5S2/c1-14-13-29-20(22-14)23-18(24)12-28-19(25)16-8-5-9-17(10-16)30(26,27)21-11-15-6-3-2-4-7-15/h2-10,13,21H,11-12H2,1H3,(H,22,23,24). The van der Waals surface area contributed by atoms with E-state index in [1.54, 1.807) is 24.4 Å². The van der Waals surface area contributed by atoms with Gasteiger partial charge in [-0.1, -0.05) is 36.4 Å². The van der Waals surface area contributed by atoms with E-state index in [0.29, 0.717) is 5.13 Å². The van der Waals surface area contributed by atoms with Crippen LogP contribution in [0.5, 0.6) is 0 Å². The fraction of sp³-hybridized carbons (Fsp3) is 0.150. The Balaban J connectivity index is 1.59. The van der Waals surface area contributed by atoms with Crippen LogP contribution >= 0.6 is 11.3 Å². The Morgan fingerprint density at radius 1 is 1.10 bits per heavy atom. The summed E-state index contributed by atoms with van der Waals surface area (Å²) in [5.74, 6) is -1.34. The predicted molar refractivity (Wildman–Crippen MR) is 113 cm³/mol. The van der Waals surface area contributed by atoms with Crippen molar-refractivity contribution in [2.45, 2.75) is 18.4 Å². The molecule has 8 nitrogen and oxygen atoms in total. The van der Waals surface area contributed by atoms with Crippen LogP contribution in [0.2, 0.25) is 0 Å². The van der Waals surface area contributed by atoms with Crippen LogP contribution in [-0.2, 0) is 26.1 Å². The molecule has 0 radical (unpaired) electrons. The Morgan fingerprint density at radius 2 is 1.87 bits per heavy atom. The number of nitrogens with zero attached hydrogens (tertiary/aromatic N) is 1. The van der Waals surface area contributed by atoms with Crippen molar-refractivity contribution in [1.29, 1.82) is 0 Å². The van der Waals surface area contributed by atoms with Gasteiger partial charge in [0.15, 0.2) is 11.7 Å². The van der Waals surface area contributed by atoms with Crippen LogP contribution in [0.3, 0.4) is 0 Å². The molecule has 0 saturated heterocycles. The van der Waals surface area contributed by atoms with Crippen molar-refractivity contribution in [3.8, 4) is 0 Å². The summed E-state index contributed by atoms with van der Waals surface area (Å²) in [6.45, 7) is 1.40. The normalized spacial score (nSPS) is 11.1. The Kier molecular flexibility index (Phi) is 6.93. The lowest BCUT2D eigenvalue weighted by Crippen LogP contribution is -2.24. The Bertz CT molecular complexity index is 1140. The first kappa shape index (κ1) is 21.6. The maximum atomic E-state index is 12.5. The summed E-state index contributed by atoms with van der Waals surface area (Å²) in [6.07, 6.45) is 0. The van der Waals surface area contributed by atoms with Gasteiger partial charge in [0.1, 0.15) is 0 Å². The number of carbonyl (C=O) groups is 2. The Morgan fingerprint density at radius 3 is 2.57 bits per heavy atom. The van der Waals surface area contributed by atoms with Crippen LogP contribution in [0, 0.1) is 6.92 Å². The summed E-state index contributed by atoms with van der Waals surface area (Å²) < 4.78 is 32.5. The Labute approximate surface area is 178 Å². The minimum Gasteiger partial charge on any atom is -0.452 e. The number of hydrogen-bond acceptors (Lipinski definition) is 7. The lowest BCUT2D eigenvalue weighted by atomic mass is 10.2. The molecule has 10 heteroatoms. The van der Waals surface area contributed by atoms with Gasteiger partial charge in [0.05, 0.1) is 16.2 Å². The first-order valence-electron chi connectivity index (χ1n) is 8.86. The van der Waals surface area contributed by atoms with Crippen LogP contribution in [0.4, 0.5) is 5.13 Å². The molecule has 3 aromatic rings. The minimum atomic E-state index is -3.83. The van der Waals surface area contributed by atoms with E-state index < -0.39 is 28.5 Å². The number of rotatable bonds is 8. The number of ether oxygens (including phenoxy) is 1. The van der Waals surface area contributed by atoms with Gasteiger partial charge < -0.3 is 4.74 Å². The number of amides is 1. The molecule has 2 N–H and O–H groups in total. The zero-order valence-corrected chi connectivity index (χ0v) is 17.6. The lowest BCUT2D eigenvalue weighted by Gasteiger charge is -2.09.